The van der Waals surface area contributed by atoms with Crippen molar-refractivity contribution in [1.29, 1.82) is 0 Å². The minimum absolute atomic E-state index is 0.0847. The number of hydrogen-bond donors (Lipinski definition) is 1. The van der Waals surface area contributed by atoms with Crippen LogP contribution in [0.2, 0.25) is 5.02 Å². The van der Waals surface area contributed by atoms with E-state index in [2.05, 4.69) is 34.3 Å². The highest BCUT2D eigenvalue weighted by Gasteiger charge is 2.11. The zero-order chi connectivity index (χ0) is 11.7. The van der Waals surface area contributed by atoms with E-state index in [1.165, 1.54) is 4.88 Å². The smallest absolute Gasteiger partial charge is 0.0560 e. The van der Waals surface area contributed by atoms with Gasteiger partial charge in [0, 0.05) is 9.35 Å². The third kappa shape index (κ3) is 2.48. The summed E-state index contributed by atoms with van der Waals surface area (Å²) >= 11 is 11.1. The Balaban J connectivity index is 2.33. The van der Waals surface area contributed by atoms with Crippen LogP contribution in [-0.2, 0) is 0 Å². The molecule has 0 spiro atoms. The van der Waals surface area contributed by atoms with Gasteiger partial charge in [-0.2, -0.15) is 0 Å². The maximum Gasteiger partial charge on any atom is 0.0560 e. The van der Waals surface area contributed by atoms with Crippen molar-refractivity contribution >= 4 is 38.9 Å². The number of hydrogen-bond acceptors (Lipinski definition) is 2. The molecule has 2 N–H and O–H groups in total. The number of rotatable bonds is 2. The molecule has 0 aliphatic heterocycles. The minimum atomic E-state index is -0.0847. The van der Waals surface area contributed by atoms with E-state index in [0.29, 0.717) is 5.02 Å². The van der Waals surface area contributed by atoms with Gasteiger partial charge in [-0.15, -0.1) is 11.3 Å². The highest BCUT2D eigenvalue weighted by atomic mass is 79.9. The molecule has 16 heavy (non-hydrogen) atoms. The summed E-state index contributed by atoms with van der Waals surface area (Å²) in [5.74, 6) is 0. The molecule has 1 heterocycles. The van der Waals surface area contributed by atoms with Crippen LogP contribution in [0.1, 0.15) is 22.0 Å². The molecule has 4 heteroatoms. The van der Waals surface area contributed by atoms with E-state index in [1.54, 1.807) is 11.3 Å². The van der Waals surface area contributed by atoms with E-state index in [0.717, 1.165) is 15.6 Å². The van der Waals surface area contributed by atoms with Crippen molar-refractivity contribution in [1.82, 2.24) is 0 Å². The number of halogens is 2. The molecular weight excluding hydrogens is 306 g/mol. The molecule has 0 fully saturated rings. The normalized spacial score (nSPS) is 12.8. The van der Waals surface area contributed by atoms with Crippen molar-refractivity contribution in [3.63, 3.8) is 0 Å². The maximum atomic E-state index is 6.19. The Morgan fingerprint density at radius 2 is 2.06 bits per heavy atom. The first kappa shape index (κ1) is 12.1. The molecule has 0 amide bonds. The molecule has 0 aliphatic carbocycles. The Morgan fingerprint density at radius 3 is 2.62 bits per heavy atom. The van der Waals surface area contributed by atoms with E-state index in [4.69, 9.17) is 17.3 Å². The molecule has 1 nitrogen and oxygen atoms in total. The predicted molar refractivity (Wildman–Crippen MR) is 74.2 cm³/mol. The summed E-state index contributed by atoms with van der Waals surface area (Å²) in [6.45, 7) is 2.08. The lowest BCUT2D eigenvalue weighted by atomic mass is 10.0. The van der Waals surface area contributed by atoms with Gasteiger partial charge in [-0.1, -0.05) is 17.7 Å². The summed E-state index contributed by atoms with van der Waals surface area (Å²) < 4.78 is 0.883. The van der Waals surface area contributed by atoms with Gasteiger partial charge in [-0.25, -0.2) is 0 Å². The predicted octanol–water partition coefficient (Wildman–Crippen LogP) is 4.52. The lowest BCUT2D eigenvalue weighted by Crippen LogP contribution is -2.10. The molecule has 0 saturated heterocycles. The Kier molecular flexibility index (Phi) is 3.70. The lowest BCUT2D eigenvalue weighted by molar-refractivity contribution is 0.875. The van der Waals surface area contributed by atoms with Crippen LogP contribution in [0.25, 0.3) is 0 Å². The third-order valence-electron chi connectivity index (χ3n) is 2.41. The van der Waals surface area contributed by atoms with E-state index in [-0.39, 0.29) is 6.04 Å². The van der Waals surface area contributed by atoms with Crippen LogP contribution in [0.3, 0.4) is 0 Å². The van der Waals surface area contributed by atoms with Crippen LogP contribution in [0.4, 0.5) is 0 Å². The van der Waals surface area contributed by atoms with Crippen molar-refractivity contribution in [3.8, 4) is 0 Å². The Labute approximate surface area is 112 Å². The molecule has 2 rings (SSSR count). The molecule has 0 bridgehead atoms. The van der Waals surface area contributed by atoms with E-state index in [9.17, 15) is 0 Å². The average molecular weight is 317 g/mol. The summed E-state index contributed by atoms with van der Waals surface area (Å²) in [7, 11) is 0. The molecule has 84 valence electrons. The van der Waals surface area contributed by atoms with E-state index < -0.39 is 0 Å². The average Bonchev–Trinajstić information content (AvgIpc) is 2.68. The van der Waals surface area contributed by atoms with Gasteiger partial charge in [0.05, 0.1) is 11.1 Å². The van der Waals surface area contributed by atoms with E-state index >= 15 is 0 Å². The van der Waals surface area contributed by atoms with Gasteiger partial charge >= 0.3 is 0 Å². The largest absolute Gasteiger partial charge is 0.320 e. The van der Waals surface area contributed by atoms with Crippen molar-refractivity contribution in [2.24, 2.45) is 5.73 Å². The molecule has 1 atom stereocenters. The van der Waals surface area contributed by atoms with Crippen molar-refractivity contribution < 1.29 is 0 Å². The molecule has 0 aliphatic rings. The van der Waals surface area contributed by atoms with Crippen LogP contribution in [0.15, 0.2) is 34.1 Å². The van der Waals surface area contributed by atoms with Gasteiger partial charge in [-0.05, 0) is 57.6 Å². The highest BCUT2D eigenvalue weighted by molar-refractivity contribution is 9.10. The van der Waals surface area contributed by atoms with Gasteiger partial charge in [0.2, 0.25) is 0 Å². The van der Waals surface area contributed by atoms with Crippen LogP contribution in [0.5, 0.6) is 0 Å². The standard InChI is InChI=1S/C12H11BrClNS/c1-7-4-9(6-16-7)12(15)8-2-3-11(14)10(13)5-8/h2-6,12H,15H2,1H3. The molecule has 0 radical (unpaired) electrons. The van der Waals surface area contributed by atoms with Crippen LogP contribution >= 0.6 is 38.9 Å². The second-order valence-electron chi connectivity index (χ2n) is 3.64. The van der Waals surface area contributed by atoms with Gasteiger partial charge < -0.3 is 5.73 Å². The quantitative estimate of drug-likeness (QED) is 0.866. The number of aryl methyl sites for hydroxylation is 1. The fraction of sp³-hybridized carbons (Fsp3) is 0.167. The lowest BCUT2D eigenvalue weighted by Gasteiger charge is -2.11. The Morgan fingerprint density at radius 1 is 1.31 bits per heavy atom. The third-order valence-corrected chi connectivity index (χ3v) is 4.51. The molecular formula is C12H11BrClNS. The number of benzene rings is 1. The summed E-state index contributed by atoms with van der Waals surface area (Å²) in [5.41, 5.74) is 8.41. The number of nitrogens with two attached hydrogens (primary N) is 1. The van der Waals surface area contributed by atoms with Gasteiger partial charge in [-0.3, -0.25) is 0 Å². The first-order chi connectivity index (χ1) is 7.58. The van der Waals surface area contributed by atoms with Crippen molar-refractivity contribution in [3.05, 3.63) is 55.1 Å². The molecule has 1 aromatic heterocycles. The van der Waals surface area contributed by atoms with Gasteiger partial charge in [0.1, 0.15) is 0 Å². The minimum Gasteiger partial charge on any atom is -0.320 e. The van der Waals surface area contributed by atoms with Crippen molar-refractivity contribution in [2.45, 2.75) is 13.0 Å². The highest BCUT2D eigenvalue weighted by Crippen LogP contribution is 2.29. The summed E-state index contributed by atoms with van der Waals surface area (Å²) in [5, 5.41) is 2.81. The molecule has 1 aromatic carbocycles. The van der Waals surface area contributed by atoms with Gasteiger partial charge in [0.15, 0.2) is 0 Å². The Hall–Kier alpha value is -0.350. The summed E-state index contributed by atoms with van der Waals surface area (Å²) in [4.78, 5) is 1.28. The zero-order valence-electron chi connectivity index (χ0n) is 8.71. The first-order valence-corrected chi connectivity index (χ1v) is 6.88. The number of thiophene rings is 1. The fourth-order valence-electron chi connectivity index (χ4n) is 1.53. The first-order valence-electron chi connectivity index (χ1n) is 4.83. The summed E-state index contributed by atoms with van der Waals surface area (Å²) in [6, 6.07) is 7.83. The topological polar surface area (TPSA) is 26.0 Å². The monoisotopic (exact) mass is 315 g/mol. The zero-order valence-corrected chi connectivity index (χ0v) is 11.9. The second-order valence-corrected chi connectivity index (χ2v) is 6.02. The van der Waals surface area contributed by atoms with Crippen LogP contribution in [0, 0.1) is 6.92 Å². The molecule has 0 saturated carbocycles. The SMILES string of the molecule is Cc1cc(C(N)c2ccc(Cl)c(Br)c2)cs1. The van der Waals surface area contributed by atoms with Crippen molar-refractivity contribution in [2.75, 3.05) is 0 Å². The van der Waals surface area contributed by atoms with Crippen LogP contribution < -0.4 is 5.73 Å². The molecule has 2 aromatic rings. The fourth-order valence-corrected chi connectivity index (χ4v) is 2.78. The maximum absolute atomic E-state index is 6.19. The van der Waals surface area contributed by atoms with Crippen LogP contribution in [-0.4, -0.2) is 0 Å². The van der Waals surface area contributed by atoms with E-state index in [1.807, 2.05) is 18.2 Å². The summed E-state index contributed by atoms with van der Waals surface area (Å²) in [6.07, 6.45) is 0. The Bertz CT molecular complexity index is 509. The molecule has 1 unspecified atom stereocenters. The van der Waals surface area contributed by atoms with Gasteiger partial charge in [0.25, 0.3) is 0 Å². The second kappa shape index (κ2) is 4.88.